The molecule has 8 nitrogen and oxygen atoms in total. The van der Waals surface area contributed by atoms with E-state index in [0.29, 0.717) is 39.7 Å². The highest BCUT2D eigenvalue weighted by atomic mass is 19.1. The number of pyridine rings is 1. The fraction of sp³-hybridized carbons (Fsp3) is 0.174. The number of hydrogen-bond acceptors (Lipinski definition) is 6. The molecule has 0 aliphatic carbocycles. The predicted octanol–water partition coefficient (Wildman–Crippen LogP) is 3.29. The summed E-state index contributed by atoms with van der Waals surface area (Å²) in [4.78, 5) is 36.5. The van der Waals surface area contributed by atoms with Crippen LogP contribution in [0.5, 0.6) is 0 Å². The van der Waals surface area contributed by atoms with Crippen LogP contribution in [-0.4, -0.2) is 26.0 Å². The number of carbonyl (C=O) groups excluding carboxylic acids is 1. The van der Waals surface area contributed by atoms with Crippen molar-refractivity contribution in [2.75, 3.05) is 0 Å². The van der Waals surface area contributed by atoms with Crippen LogP contribution in [0.3, 0.4) is 0 Å². The maximum Gasteiger partial charge on any atom is 0.257 e. The van der Waals surface area contributed by atoms with Crippen molar-refractivity contribution in [3.05, 3.63) is 99.3 Å². The molecule has 1 atom stereocenters. The molecule has 3 heterocycles. The maximum atomic E-state index is 13.5. The van der Waals surface area contributed by atoms with E-state index in [1.165, 1.54) is 18.2 Å². The van der Waals surface area contributed by atoms with Crippen LogP contribution in [-0.2, 0) is 6.42 Å². The van der Waals surface area contributed by atoms with Gasteiger partial charge in [-0.05, 0) is 43.7 Å². The van der Waals surface area contributed by atoms with E-state index in [9.17, 15) is 14.0 Å². The molecule has 0 spiro atoms. The number of aryl methyl sites for hydroxylation is 2. The van der Waals surface area contributed by atoms with Crippen molar-refractivity contribution >= 4 is 5.91 Å². The molecule has 32 heavy (non-hydrogen) atoms. The van der Waals surface area contributed by atoms with Crippen LogP contribution in [0.2, 0.25) is 0 Å². The highest BCUT2D eigenvalue weighted by Gasteiger charge is 2.23. The molecule has 2 N–H and O–H groups in total. The third-order valence-corrected chi connectivity index (χ3v) is 5.00. The molecule has 4 rings (SSSR count). The lowest BCUT2D eigenvalue weighted by molar-refractivity contribution is 0.0934. The number of hydrogen-bond donors (Lipinski definition) is 2. The van der Waals surface area contributed by atoms with Crippen molar-refractivity contribution < 1.29 is 13.7 Å². The number of carbonyl (C=O) groups is 1. The number of halogens is 1. The molecular weight excluding hydrogens is 413 g/mol. The number of aromatic amines is 1. The molecular formula is C23H20FN5O3. The van der Waals surface area contributed by atoms with Gasteiger partial charge >= 0.3 is 0 Å². The highest BCUT2D eigenvalue weighted by Crippen LogP contribution is 2.21. The third-order valence-electron chi connectivity index (χ3n) is 5.00. The number of rotatable bonds is 6. The first-order valence-electron chi connectivity index (χ1n) is 9.90. The SMILES string of the molecule is Cc1noc(C)c1C(=O)NC(Cc1cc(=O)[nH]c(-c2ccncc2)n1)c1ccc(F)cc1. The minimum absolute atomic E-state index is 0.211. The molecule has 0 aliphatic heterocycles. The normalized spacial score (nSPS) is 11.8. The van der Waals surface area contributed by atoms with E-state index < -0.39 is 6.04 Å². The third kappa shape index (κ3) is 4.61. The summed E-state index contributed by atoms with van der Waals surface area (Å²) in [5.41, 5.74) is 2.32. The highest BCUT2D eigenvalue weighted by molar-refractivity contribution is 5.96. The summed E-state index contributed by atoms with van der Waals surface area (Å²) in [5, 5.41) is 6.76. The molecule has 1 amide bonds. The van der Waals surface area contributed by atoms with Crippen LogP contribution >= 0.6 is 0 Å². The summed E-state index contributed by atoms with van der Waals surface area (Å²) in [6.07, 6.45) is 3.42. The van der Waals surface area contributed by atoms with E-state index in [1.807, 2.05) is 0 Å². The lowest BCUT2D eigenvalue weighted by atomic mass is 10.0. The van der Waals surface area contributed by atoms with Gasteiger partial charge in [-0.2, -0.15) is 0 Å². The number of benzene rings is 1. The summed E-state index contributed by atoms with van der Waals surface area (Å²) in [6.45, 7) is 3.33. The van der Waals surface area contributed by atoms with Gasteiger partial charge in [0.25, 0.3) is 11.5 Å². The van der Waals surface area contributed by atoms with Gasteiger partial charge in [0.05, 0.1) is 17.4 Å². The van der Waals surface area contributed by atoms with E-state index in [4.69, 9.17) is 4.52 Å². The molecule has 1 aromatic carbocycles. The van der Waals surface area contributed by atoms with Crippen molar-refractivity contribution in [2.24, 2.45) is 0 Å². The first-order chi connectivity index (χ1) is 15.4. The summed E-state index contributed by atoms with van der Waals surface area (Å²) in [5.74, 6) is 0.0190. The van der Waals surface area contributed by atoms with Crippen LogP contribution in [0.4, 0.5) is 4.39 Å². The zero-order valence-electron chi connectivity index (χ0n) is 17.4. The second kappa shape index (κ2) is 8.93. The van der Waals surface area contributed by atoms with Crippen LogP contribution in [0, 0.1) is 19.7 Å². The second-order valence-electron chi connectivity index (χ2n) is 7.30. The Morgan fingerprint density at radius 3 is 2.53 bits per heavy atom. The Kier molecular flexibility index (Phi) is 5.89. The number of aromatic nitrogens is 4. The molecule has 1 unspecified atom stereocenters. The average Bonchev–Trinajstić information content (AvgIpc) is 3.12. The molecule has 0 saturated carbocycles. The molecule has 0 radical (unpaired) electrons. The Bertz CT molecular complexity index is 1280. The van der Waals surface area contributed by atoms with Gasteiger partial charge in [-0.25, -0.2) is 9.37 Å². The number of nitrogens with one attached hydrogen (secondary N) is 2. The number of H-pyrrole nitrogens is 1. The molecule has 0 aliphatic rings. The van der Waals surface area contributed by atoms with Crippen molar-refractivity contribution in [1.82, 2.24) is 25.4 Å². The molecule has 0 saturated heterocycles. The van der Waals surface area contributed by atoms with Gasteiger partial charge < -0.3 is 14.8 Å². The van der Waals surface area contributed by atoms with Crippen LogP contribution < -0.4 is 10.9 Å². The Morgan fingerprint density at radius 2 is 1.88 bits per heavy atom. The molecule has 0 bridgehead atoms. The Hall–Kier alpha value is -4.14. The molecule has 0 fully saturated rings. The smallest absolute Gasteiger partial charge is 0.257 e. The van der Waals surface area contributed by atoms with Crippen LogP contribution in [0.25, 0.3) is 11.4 Å². The van der Waals surface area contributed by atoms with E-state index in [0.717, 1.165) is 0 Å². The largest absolute Gasteiger partial charge is 0.361 e. The first kappa shape index (κ1) is 21.1. The summed E-state index contributed by atoms with van der Waals surface area (Å²) in [7, 11) is 0. The van der Waals surface area contributed by atoms with Crippen molar-refractivity contribution in [1.29, 1.82) is 0 Å². The fourth-order valence-corrected chi connectivity index (χ4v) is 3.45. The van der Waals surface area contributed by atoms with E-state index in [1.54, 1.807) is 50.5 Å². The van der Waals surface area contributed by atoms with Gasteiger partial charge in [-0.15, -0.1) is 0 Å². The Balaban J connectivity index is 1.68. The average molecular weight is 433 g/mol. The minimum atomic E-state index is -0.573. The van der Waals surface area contributed by atoms with Gasteiger partial charge in [0.1, 0.15) is 23.0 Å². The molecule has 4 aromatic rings. The second-order valence-corrected chi connectivity index (χ2v) is 7.30. The van der Waals surface area contributed by atoms with E-state index in [-0.39, 0.29) is 23.7 Å². The van der Waals surface area contributed by atoms with Gasteiger partial charge in [-0.1, -0.05) is 17.3 Å². The summed E-state index contributed by atoms with van der Waals surface area (Å²) < 4.78 is 18.6. The first-order valence-corrected chi connectivity index (χ1v) is 9.90. The Morgan fingerprint density at radius 1 is 1.16 bits per heavy atom. The molecule has 162 valence electrons. The Labute approximate surface area is 182 Å². The van der Waals surface area contributed by atoms with Crippen LogP contribution in [0.1, 0.15) is 39.1 Å². The van der Waals surface area contributed by atoms with Gasteiger partial charge in [0.2, 0.25) is 0 Å². The number of nitrogens with zero attached hydrogens (tertiary/aromatic N) is 3. The lowest BCUT2D eigenvalue weighted by Crippen LogP contribution is -2.31. The van der Waals surface area contributed by atoms with Crippen molar-refractivity contribution in [2.45, 2.75) is 26.3 Å². The number of amides is 1. The van der Waals surface area contributed by atoms with Crippen LogP contribution in [0.15, 0.2) is 64.2 Å². The summed E-state index contributed by atoms with van der Waals surface area (Å²) >= 11 is 0. The predicted molar refractivity (Wildman–Crippen MR) is 114 cm³/mol. The topological polar surface area (TPSA) is 114 Å². The van der Waals surface area contributed by atoms with E-state index >= 15 is 0 Å². The van der Waals surface area contributed by atoms with Gasteiger partial charge in [0, 0.05) is 30.4 Å². The molecule has 9 heteroatoms. The summed E-state index contributed by atoms with van der Waals surface area (Å²) in [6, 6.07) is 10.1. The molecule has 3 aromatic heterocycles. The van der Waals surface area contributed by atoms with Crippen molar-refractivity contribution in [3.8, 4) is 11.4 Å². The lowest BCUT2D eigenvalue weighted by Gasteiger charge is -2.19. The van der Waals surface area contributed by atoms with Gasteiger partial charge in [-0.3, -0.25) is 14.6 Å². The zero-order valence-corrected chi connectivity index (χ0v) is 17.4. The van der Waals surface area contributed by atoms with Gasteiger partial charge in [0.15, 0.2) is 0 Å². The van der Waals surface area contributed by atoms with Crippen molar-refractivity contribution in [3.63, 3.8) is 0 Å². The fourth-order valence-electron chi connectivity index (χ4n) is 3.45. The standard InChI is InChI=1S/C23H20FN5O3/c1-13-21(14(2)32-29-13)23(31)27-19(15-3-5-17(24)6-4-15)11-18-12-20(30)28-22(26-18)16-7-9-25-10-8-16/h3-10,12,19H,11H2,1-2H3,(H,27,31)(H,26,28,30). The van der Waals surface area contributed by atoms with E-state index in [2.05, 4.69) is 25.4 Å². The monoisotopic (exact) mass is 433 g/mol. The quantitative estimate of drug-likeness (QED) is 0.482. The maximum absolute atomic E-state index is 13.5. The zero-order chi connectivity index (χ0) is 22.7. The minimum Gasteiger partial charge on any atom is -0.361 e.